The van der Waals surface area contributed by atoms with Gasteiger partial charge in [-0.3, -0.25) is 5.10 Å². The lowest BCUT2D eigenvalue weighted by Crippen LogP contribution is -2.21. The number of pyridine rings is 1. The Morgan fingerprint density at radius 2 is 2.10 bits per heavy atom. The number of nitrogens with zero attached hydrogens (tertiary/aromatic N) is 3. The van der Waals surface area contributed by atoms with Gasteiger partial charge in [-0.2, -0.15) is 18.2 Å². The molecular formula is C11H13F3N6. The summed E-state index contributed by atoms with van der Waals surface area (Å²) >= 11 is 0. The van der Waals surface area contributed by atoms with E-state index in [0.717, 1.165) is 0 Å². The van der Waals surface area contributed by atoms with Crippen LogP contribution in [0.3, 0.4) is 0 Å². The van der Waals surface area contributed by atoms with Crippen molar-refractivity contribution in [1.82, 2.24) is 20.2 Å². The highest BCUT2D eigenvalue weighted by Gasteiger charge is 2.26. The molecule has 0 bridgehead atoms. The summed E-state index contributed by atoms with van der Waals surface area (Å²) in [6.07, 6.45) is -2.88. The van der Waals surface area contributed by atoms with E-state index in [1.165, 1.54) is 12.3 Å². The first-order chi connectivity index (χ1) is 9.48. The summed E-state index contributed by atoms with van der Waals surface area (Å²) < 4.78 is 36.4. The standard InChI is InChI=1S/C11H13F3N6/c1-2-15-10-18-9(19-20-10)7-3-4-16-8(5-7)17-6-11(12,13)14/h3-5H,2,6H2,1H3,(H,16,17)(H2,15,18,19,20). The van der Waals surface area contributed by atoms with E-state index in [9.17, 15) is 13.2 Å². The molecule has 0 fully saturated rings. The van der Waals surface area contributed by atoms with Gasteiger partial charge in [-0.1, -0.05) is 0 Å². The fourth-order valence-corrected chi connectivity index (χ4v) is 1.49. The molecule has 2 rings (SSSR count). The fraction of sp³-hybridized carbons (Fsp3) is 0.364. The quantitative estimate of drug-likeness (QED) is 0.786. The first-order valence-corrected chi connectivity index (χ1v) is 5.91. The maximum atomic E-state index is 12.1. The average molecular weight is 286 g/mol. The second-order valence-electron chi connectivity index (χ2n) is 3.94. The Hall–Kier alpha value is -2.32. The Morgan fingerprint density at radius 3 is 2.80 bits per heavy atom. The largest absolute Gasteiger partial charge is 0.405 e. The number of aromatic nitrogens is 4. The molecule has 2 aromatic heterocycles. The minimum atomic E-state index is -4.29. The maximum absolute atomic E-state index is 12.1. The van der Waals surface area contributed by atoms with Crippen LogP contribution in [0.4, 0.5) is 24.9 Å². The van der Waals surface area contributed by atoms with E-state index in [1.54, 1.807) is 6.07 Å². The average Bonchev–Trinajstić information content (AvgIpc) is 2.85. The molecule has 0 amide bonds. The summed E-state index contributed by atoms with van der Waals surface area (Å²) in [5.41, 5.74) is 0.598. The first-order valence-electron chi connectivity index (χ1n) is 5.91. The topological polar surface area (TPSA) is 78.5 Å². The highest BCUT2D eigenvalue weighted by Crippen LogP contribution is 2.20. The molecule has 3 N–H and O–H groups in total. The van der Waals surface area contributed by atoms with E-state index in [-0.39, 0.29) is 5.82 Å². The zero-order valence-corrected chi connectivity index (χ0v) is 10.6. The molecule has 0 unspecified atom stereocenters. The van der Waals surface area contributed by atoms with Gasteiger partial charge < -0.3 is 10.6 Å². The molecular weight excluding hydrogens is 273 g/mol. The summed E-state index contributed by atoms with van der Waals surface area (Å²) in [5.74, 6) is 1.02. The van der Waals surface area contributed by atoms with Crippen molar-refractivity contribution in [2.24, 2.45) is 0 Å². The lowest BCUT2D eigenvalue weighted by molar-refractivity contribution is -0.115. The van der Waals surface area contributed by atoms with Gasteiger partial charge in [0.15, 0.2) is 5.82 Å². The van der Waals surface area contributed by atoms with Crippen molar-refractivity contribution in [1.29, 1.82) is 0 Å². The van der Waals surface area contributed by atoms with Crippen molar-refractivity contribution < 1.29 is 13.2 Å². The van der Waals surface area contributed by atoms with Crippen LogP contribution in [0.2, 0.25) is 0 Å². The van der Waals surface area contributed by atoms with Crippen LogP contribution in [0.5, 0.6) is 0 Å². The van der Waals surface area contributed by atoms with Gasteiger partial charge in [0, 0.05) is 18.3 Å². The van der Waals surface area contributed by atoms with Crippen LogP contribution in [-0.2, 0) is 0 Å². The van der Waals surface area contributed by atoms with Crippen LogP contribution in [0.1, 0.15) is 6.92 Å². The smallest absolute Gasteiger partial charge is 0.361 e. The predicted molar refractivity (Wildman–Crippen MR) is 68.3 cm³/mol. The normalized spacial score (nSPS) is 11.4. The van der Waals surface area contributed by atoms with Crippen LogP contribution in [0.25, 0.3) is 11.4 Å². The number of hydrogen-bond acceptors (Lipinski definition) is 5. The molecule has 20 heavy (non-hydrogen) atoms. The molecule has 2 aromatic rings. The summed E-state index contributed by atoms with van der Waals surface area (Å²) in [4.78, 5) is 7.99. The molecule has 2 heterocycles. The minimum Gasteiger partial charge on any atom is -0.361 e. The third-order valence-electron chi connectivity index (χ3n) is 2.32. The molecule has 0 atom stereocenters. The van der Waals surface area contributed by atoms with Crippen molar-refractivity contribution in [2.45, 2.75) is 13.1 Å². The summed E-state index contributed by atoms with van der Waals surface area (Å²) in [7, 11) is 0. The second kappa shape index (κ2) is 5.76. The van der Waals surface area contributed by atoms with Crippen molar-refractivity contribution in [3.8, 4) is 11.4 Å². The number of alkyl halides is 3. The van der Waals surface area contributed by atoms with E-state index in [0.29, 0.717) is 23.9 Å². The van der Waals surface area contributed by atoms with E-state index in [4.69, 9.17) is 0 Å². The fourth-order valence-electron chi connectivity index (χ4n) is 1.49. The number of H-pyrrole nitrogens is 1. The van der Waals surface area contributed by atoms with Gasteiger partial charge in [0.2, 0.25) is 5.95 Å². The molecule has 0 aromatic carbocycles. The van der Waals surface area contributed by atoms with Crippen molar-refractivity contribution in [3.05, 3.63) is 18.3 Å². The number of anilines is 2. The van der Waals surface area contributed by atoms with Crippen LogP contribution in [0.15, 0.2) is 18.3 Å². The maximum Gasteiger partial charge on any atom is 0.405 e. The highest BCUT2D eigenvalue weighted by atomic mass is 19.4. The molecule has 6 nitrogen and oxygen atoms in total. The molecule has 0 aliphatic rings. The second-order valence-corrected chi connectivity index (χ2v) is 3.94. The Bertz CT molecular complexity index is 565. The Kier molecular flexibility index (Phi) is 4.06. The third kappa shape index (κ3) is 3.84. The van der Waals surface area contributed by atoms with Crippen molar-refractivity contribution in [2.75, 3.05) is 23.7 Å². The number of rotatable bonds is 5. The number of hydrogen-bond donors (Lipinski definition) is 3. The summed E-state index contributed by atoms with van der Waals surface area (Å²) in [6.45, 7) is 1.44. The molecule has 0 saturated heterocycles. The minimum absolute atomic E-state index is 0.126. The summed E-state index contributed by atoms with van der Waals surface area (Å²) in [5, 5.41) is 11.8. The van der Waals surface area contributed by atoms with Crippen LogP contribution >= 0.6 is 0 Å². The first kappa shape index (κ1) is 14.1. The predicted octanol–water partition coefficient (Wildman–Crippen LogP) is 2.27. The Balaban J connectivity index is 2.12. The zero-order valence-electron chi connectivity index (χ0n) is 10.6. The number of halogens is 3. The summed E-state index contributed by atoms with van der Waals surface area (Å²) in [6, 6.07) is 3.11. The van der Waals surface area contributed by atoms with Gasteiger partial charge in [-0.15, -0.1) is 5.10 Å². The van der Waals surface area contributed by atoms with Crippen molar-refractivity contribution in [3.63, 3.8) is 0 Å². The molecule has 9 heteroatoms. The van der Waals surface area contributed by atoms with E-state index in [2.05, 4.69) is 30.8 Å². The van der Waals surface area contributed by atoms with E-state index in [1.807, 2.05) is 6.92 Å². The lowest BCUT2D eigenvalue weighted by Gasteiger charge is -2.09. The van der Waals surface area contributed by atoms with Gasteiger partial charge in [0.05, 0.1) is 0 Å². The zero-order chi connectivity index (χ0) is 14.6. The van der Waals surface area contributed by atoms with Gasteiger partial charge in [-0.25, -0.2) is 4.98 Å². The molecule has 0 aliphatic carbocycles. The van der Waals surface area contributed by atoms with Crippen LogP contribution in [-0.4, -0.2) is 39.4 Å². The molecule has 108 valence electrons. The van der Waals surface area contributed by atoms with Gasteiger partial charge >= 0.3 is 6.18 Å². The number of aromatic amines is 1. The molecule has 0 aliphatic heterocycles. The van der Waals surface area contributed by atoms with Gasteiger partial charge in [0.1, 0.15) is 12.4 Å². The molecule has 0 saturated carbocycles. The molecule has 0 radical (unpaired) electrons. The van der Waals surface area contributed by atoms with Gasteiger partial charge in [-0.05, 0) is 19.1 Å². The SMILES string of the molecule is CCNc1n[nH]c(-c2ccnc(NCC(F)(F)F)c2)n1. The Morgan fingerprint density at radius 1 is 1.30 bits per heavy atom. The van der Waals surface area contributed by atoms with Crippen LogP contribution in [0, 0.1) is 0 Å². The van der Waals surface area contributed by atoms with Crippen LogP contribution < -0.4 is 10.6 Å². The van der Waals surface area contributed by atoms with E-state index < -0.39 is 12.7 Å². The third-order valence-corrected chi connectivity index (χ3v) is 2.32. The van der Waals surface area contributed by atoms with E-state index >= 15 is 0 Å². The van der Waals surface area contributed by atoms with Gasteiger partial charge in [0.25, 0.3) is 0 Å². The Labute approximate surface area is 112 Å². The highest BCUT2D eigenvalue weighted by molar-refractivity contribution is 5.60. The monoisotopic (exact) mass is 286 g/mol. The molecule has 0 spiro atoms. The lowest BCUT2D eigenvalue weighted by atomic mass is 10.2. The van der Waals surface area contributed by atoms with Crippen molar-refractivity contribution >= 4 is 11.8 Å². The number of nitrogens with one attached hydrogen (secondary N) is 3.